The lowest BCUT2D eigenvalue weighted by molar-refractivity contribution is -0.158. The molecule has 18 heavy (non-hydrogen) atoms. The molecule has 2 aliphatic carbocycles. The summed E-state index contributed by atoms with van der Waals surface area (Å²) in [5, 5.41) is 9.22. The molecule has 1 saturated heterocycles. The van der Waals surface area contributed by atoms with Crippen LogP contribution in [0.5, 0.6) is 0 Å². The van der Waals surface area contributed by atoms with Crippen molar-refractivity contribution in [1.82, 2.24) is 0 Å². The molecule has 0 spiro atoms. The van der Waals surface area contributed by atoms with E-state index in [1.54, 1.807) is 6.92 Å². The van der Waals surface area contributed by atoms with E-state index in [1.165, 1.54) is 0 Å². The Labute approximate surface area is 104 Å². The summed E-state index contributed by atoms with van der Waals surface area (Å²) in [5.74, 6) is -0.980. The minimum absolute atomic E-state index is 0.0504. The Hall–Kier alpha value is -1.83. The molecule has 0 amide bonds. The van der Waals surface area contributed by atoms with E-state index in [2.05, 4.69) is 12.6 Å². The molecule has 94 valence electrons. The smallest absolute Gasteiger partial charge is 0.333 e. The van der Waals surface area contributed by atoms with Gasteiger partial charge in [-0.3, -0.25) is 4.79 Å². The van der Waals surface area contributed by atoms with Gasteiger partial charge in [0.1, 0.15) is 12.2 Å². The Bertz CT molecular complexity index is 506. The SMILES string of the molecule is C=C(C)C(=O)O[C@H]1C2CC3C1OC(=O)C3(C#N)C2. The number of ether oxygens (including phenoxy) is 2. The van der Waals surface area contributed by atoms with E-state index in [0.29, 0.717) is 12.0 Å². The molecule has 0 aromatic heterocycles. The van der Waals surface area contributed by atoms with E-state index in [1.807, 2.05) is 0 Å². The second-order valence-corrected chi connectivity index (χ2v) is 5.41. The number of hydrogen-bond acceptors (Lipinski definition) is 5. The van der Waals surface area contributed by atoms with Gasteiger partial charge in [0.05, 0.1) is 6.07 Å². The molecule has 2 bridgehead atoms. The first-order valence-corrected chi connectivity index (χ1v) is 5.98. The lowest BCUT2D eigenvalue weighted by Crippen LogP contribution is -2.39. The molecule has 3 fully saturated rings. The fourth-order valence-corrected chi connectivity index (χ4v) is 3.51. The first kappa shape index (κ1) is 11.3. The van der Waals surface area contributed by atoms with Crippen LogP contribution in [0.1, 0.15) is 19.8 Å². The average Bonchev–Trinajstić information content (AvgIpc) is 2.90. The zero-order chi connectivity index (χ0) is 13.1. The lowest BCUT2D eigenvalue weighted by Gasteiger charge is -2.27. The first-order valence-electron chi connectivity index (χ1n) is 5.98. The van der Waals surface area contributed by atoms with Gasteiger partial charge in [0.2, 0.25) is 0 Å². The van der Waals surface area contributed by atoms with Crippen molar-refractivity contribution < 1.29 is 19.1 Å². The van der Waals surface area contributed by atoms with Crippen molar-refractivity contribution in [2.24, 2.45) is 17.3 Å². The van der Waals surface area contributed by atoms with E-state index < -0.39 is 29.6 Å². The molecule has 2 saturated carbocycles. The summed E-state index contributed by atoms with van der Waals surface area (Å²) in [5.41, 5.74) is -0.657. The highest BCUT2D eigenvalue weighted by Gasteiger charge is 2.72. The topological polar surface area (TPSA) is 76.4 Å². The molecular weight excluding hydrogens is 234 g/mol. The maximum absolute atomic E-state index is 11.8. The van der Waals surface area contributed by atoms with Crippen LogP contribution < -0.4 is 0 Å². The van der Waals surface area contributed by atoms with Crippen LogP contribution in [0.2, 0.25) is 0 Å². The summed E-state index contributed by atoms with van der Waals surface area (Å²) >= 11 is 0. The van der Waals surface area contributed by atoms with Gasteiger partial charge in [-0.05, 0) is 19.8 Å². The van der Waals surface area contributed by atoms with Crippen LogP contribution in [0.15, 0.2) is 12.2 Å². The largest absolute Gasteiger partial charge is 0.457 e. The van der Waals surface area contributed by atoms with Crippen molar-refractivity contribution in [2.45, 2.75) is 32.0 Å². The number of nitriles is 1. The summed E-state index contributed by atoms with van der Waals surface area (Å²) in [4.78, 5) is 23.4. The van der Waals surface area contributed by atoms with E-state index in [4.69, 9.17) is 9.47 Å². The molecule has 0 N–H and O–H groups in total. The van der Waals surface area contributed by atoms with Crippen LogP contribution in [0.25, 0.3) is 0 Å². The zero-order valence-corrected chi connectivity index (χ0v) is 10.0. The van der Waals surface area contributed by atoms with Gasteiger partial charge >= 0.3 is 11.9 Å². The van der Waals surface area contributed by atoms with Gasteiger partial charge in [-0.2, -0.15) is 5.26 Å². The van der Waals surface area contributed by atoms with Crippen LogP contribution in [0.4, 0.5) is 0 Å². The van der Waals surface area contributed by atoms with Crippen LogP contribution >= 0.6 is 0 Å². The Morgan fingerprint density at radius 2 is 2.39 bits per heavy atom. The van der Waals surface area contributed by atoms with Gasteiger partial charge in [-0.15, -0.1) is 0 Å². The second kappa shape index (κ2) is 3.35. The third kappa shape index (κ3) is 1.15. The molecule has 3 aliphatic rings. The summed E-state index contributed by atoms with van der Waals surface area (Å²) < 4.78 is 10.6. The van der Waals surface area contributed by atoms with Crippen molar-refractivity contribution in [2.75, 3.05) is 0 Å². The lowest BCUT2D eigenvalue weighted by atomic mass is 9.74. The second-order valence-electron chi connectivity index (χ2n) is 5.41. The average molecular weight is 247 g/mol. The minimum atomic E-state index is -0.985. The highest BCUT2D eigenvalue weighted by Crippen LogP contribution is 2.62. The van der Waals surface area contributed by atoms with E-state index >= 15 is 0 Å². The molecule has 0 radical (unpaired) electrons. The fourth-order valence-electron chi connectivity index (χ4n) is 3.51. The Morgan fingerprint density at radius 1 is 1.67 bits per heavy atom. The van der Waals surface area contributed by atoms with E-state index in [-0.39, 0.29) is 11.8 Å². The van der Waals surface area contributed by atoms with Crippen LogP contribution in [0, 0.1) is 28.6 Å². The molecular formula is C13H13NO4. The number of hydrogen-bond donors (Lipinski definition) is 0. The van der Waals surface area contributed by atoms with Gasteiger partial charge in [0.15, 0.2) is 5.41 Å². The molecule has 1 heterocycles. The van der Waals surface area contributed by atoms with Crippen molar-refractivity contribution >= 4 is 11.9 Å². The summed E-state index contributed by atoms with van der Waals surface area (Å²) in [7, 11) is 0. The summed E-state index contributed by atoms with van der Waals surface area (Å²) in [6.45, 7) is 5.11. The minimum Gasteiger partial charge on any atom is -0.457 e. The van der Waals surface area contributed by atoms with Crippen LogP contribution in [-0.2, 0) is 19.1 Å². The summed E-state index contributed by atoms with van der Waals surface area (Å²) in [6, 6.07) is 2.11. The normalized spacial score (nSPS) is 43.4. The molecule has 0 aromatic carbocycles. The number of carbonyl (C=O) groups is 2. The van der Waals surface area contributed by atoms with Gasteiger partial charge in [0, 0.05) is 17.4 Å². The fraction of sp³-hybridized carbons (Fsp3) is 0.615. The van der Waals surface area contributed by atoms with Crippen LogP contribution in [-0.4, -0.2) is 24.1 Å². The number of rotatable bonds is 2. The highest BCUT2D eigenvalue weighted by molar-refractivity contribution is 5.88. The van der Waals surface area contributed by atoms with Gasteiger partial charge in [0.25, 0.3) is 0 Å². The van der Waals surface area contributed by atoms with Gasteiger partial charge in [-0.25, -0.2) is 4.79 Å². The van der Waals surface area contributed by atoms with Crippen molar-refractivity contribution in [3.63, 3.8) is 0 Å². The van der Waals surface area contributed by atoms with E-state index in [0.717, 1.165) is 6.42 Å². The molecule has 4 unspecified atom stereocenters. The Kier molecular flexibility index (Phi) is 2.10. The zero-order valence-electron chi connectivity index (χ0n) is 10.0. The van der Waals surface area contributed by atoms with Crippen molar-refractivity contribution in [3.05, 3.63) is 12.2 Å². The van der Waals surface area contributed by atoms with Gasteiger partial charge < -0.3 is 9.47 Å². The third-order valence-electron chi connectivity index (χ3n) is 4.36. The Balaban J connectivity index is 1.85. The van der Waals surface area contributed by atoms with Crippen LogP contribution in [0.3, 0.4) is 0 Å². The molecule has 5 nitrogen and oxygen atoms in total. The quantitative estimate of drug-likeness (QED) is 0.536. The summed E-state index contributed by atoms with van der Waals surface area (Å²) in [6.07, 6.45) is 0.307. The number of carbonyl (C=O) groups excluding carboxylic acids is 2. The molecule has 1 aliphatic heterocycles. The standard InChI is InChI=1S/C13H13NO4/c1-6(2)11(15)17-9-7-3-8-10(9)18-12(16)13(8,4-7)5-14/h7-10H,1,3-4H2,2H3/t7?,8?,9-,10?,13?/m0/s1. The van der Waals surface area contributed by atoms with E-state index in [9.17, 15) is 14.9 Å². The predicted octanol–water partition coefficient (Wildman–Crippen LogP) is 0.949. The van der Waals surface area contributed by atoms with Gasteiger partial charge in [-0.1, -0.05) is 6.58 Å². The third-order valence-corrected chi connectivity index (χ3v) is 4.36. The maximum Gasteiger partial charge on any atom is 0.333 e. The number of nitrogens with zero attached hydrogens (tertiary/aromatic N) is 1. The predicted molar refractivity (Wildman–Crippen MR) is 58.8 cm³/mol. The van der Waals surface area contributed by atoms with Crippen molar-refractivity contribution in [3.8, 4) is 6.07 Å². The molecule has 5 atom stereocenters. The molecule has 0 aromatic rings. The van der Waals surface area contributed by atoms with Crippen molar-refractivity contribution in [1.29, 1.82) is 5.26 Å². The molecule has 3 rings (SSSR count). The maximum atomic E-state index is 11.8. The number of fused-ring (bicyclic) bond motifs is 1. The first-order chi connectivity index (χ1) is 8.49. The highest BCUT2D eigenvalue weighted by atomic mass is 16.6. The monoisotopic (exact) mass is 247 g/mol. The number of esters is 2. The Morgan fingerprint density at radius 3 is 3.00 bits per heavy atom. The molecule has 5 heteroatoms.